The van der Waals surface area contributed by atoms with Gasteiger partial charge in [-0.3, -0.25) is 14.9 Å². The van der Waals surface area contributed by atoms with Gasteiger partial charge in [0.05, 0.1) is 10.6 Å². The van der Waals surface area contributed by atoms with Crippen LogP contribution in [-0.4, -0.2) is 19.2 Å². The van der Waals surface area contributed by atoms with E-state index in [4.69, 9.17) is 4.18 Å². The molecule has 3 rings (SSSR count). The van der Waals surface area contributed by atoms with Crippen molar-refractivity contribution in [2.24, 2.45) is 0 Å². The first-order valence-electron chi connectivity index (χ1n) is 9.17. The number of nitro groups is 1. The number of hydrogen-bond acceptors (Lipinski definition) is 7. The molecule has 0 aromatic heterocycles. The molecule has 0 radical (unpaired) electrons. The summed E-state index contributed by atoms with van der Waals surface area (Å²) >= 11 is 2.04. The van der Waals surface area contributed by atoms with E-state index in [1.807, 2.05) is 22.6 Å². The van der Waals surface area contributed by atoms with Crippen molar-refractivity contribution >= 4 is 56.1 Å². The van der Waals surface area contributed by atoms with Crippen LogP contribution in [0.25, 0.3) is 6.08 Å². The third-order valence-electron chi connectivity index (χ3n) is 4.24. The lowest BCUT2D eigenvalue weighted by atomic mass is 10.1. The summed E-state index contributed by atoms with van der Waals surface area (Å²) in [5.74, 6) is -0.791. The number of nitro benzene ring substituents is 1. The molecule has 3 aromatic carbocycles. The molecule has 0 saturated heterocycles. The predicted octanol–water partition coefficient (Wildman–Crippen LogP) is 4.51. The predicted molar refractivity (Wildman–Crippen MR) is 129 cm³/mol. The summed E-state index contributed by atoms with van der Waals surface area (Å²) < 4.78 is 31.3. The zero-order chi connectivity index (χ0) is 24.0. The van der Waals surface area contributed by atoms with Gasteiger partial charge in [-0.15, -0.1) is 0 Å². The number of nitriles is 1. The Labute approximate surface area is 202 Å². The Morgan fingerprint density at radius 1 is 1.06 bits per heavy atom. The second-order valence-corrected chi connectivity index (χ2v) is 9.14. The largest absolute Gasteiger partial charge is 0.378 e. The molecule has 0 aliphatic rings. The van der Waals surface area contributed by atoms with Gasteiger partial charge in [0.25, 0.3) is 11.6 Å². The molecule has 33 heavy (non-hydrogen) atoms. The molecule has 11 heteroatoms. The maximum Gasteiger partial charge on any atom is 0.339 e. The maximum absolute atomic E-state index is 12.6. The van der Waals surface area contributed by atoms with Gasteiger partial charge < -0.3 is 9.50 Å². The number of amides is 1. The van der Waals surface area contributed by atoms with E-state index in [-0.39, 0.29) is 27.5 Å². The van der Waals surface area contributed by atoms with Crippen LogP contribution in [0.3, 0.4) is 0 Å². The molecule has 1 N–H and O–H groups in total. The van der Waals surface area contributed by atoms with Crippen LogP contribution in [0.4, 0.5) is 11.4 Å². The van der Waals surface area contributed by atoms with Crippen molar-refractivity contribution in [3.8, 4) is 11.8 Å². The van der Waals surface area contributed by atoms with Crippen LogP contribution in [0.15, 0.2) is 83.3 Å². The van der Waals surface area contributed by atoms with Crippen molar-refractivity contribution < 1.29 is 22.3 Å². The van der Waals surface area contributed by atoms with Crippen LogP contribution in [0.5, 0.6) is 5.75 Å². The van der Waals surface area contributed by atoms with E-state index in [1.165, 1.54) is 24.3 Å². The third kappa shape index (κ3) is 5.93. The normalized spacial score (nSPS) is 11.3. The first kappa shape index (κ1) is 23.9. The first-order chi connectivity index (χ1) is 15.7. The molecule has 0 fully saturated rings. The zero-order valence-electron chi connectivity index (χ0n) is 16.6. The molecule has 0 heterocycles. The van der Waals surface area contributed by atoms with Crippen LogP contribution in [0, 0.1) is 25.0 Å². The summed E-state index contributed by atoms with van der Waals surface area (Å²) in [7, 11) is -4.33. The second kappa shape index (κ2) is 10.2. The molecule has 0 bridgehead atoms. The molecule has 1 amide bonds. The number of carbonyl (C=O) groups excluding carboxylic acids is 1. The number of nitrogens with one attached hydrogen (secondary N) is 1. The summed E-state index contributed by atoms with van der Waals surface area (Å²) in [4.78, 5) is 22.4. The van der Waals surface area contributed by atoms with Gasteiger partial charge in [0.2, 0.25) is 0 Å². The van der Waals surface area contributed by atoms with Gasteiger partial charge in [0.1, 0.15) is 22.3 Å². The van der Waals surface area contributed by atoms with E-state index in [2.05, 4.69) is 5.32 Å². The van der Waals surface area contributed by atoms with Crippen molar-refractivity contribution in [1.29, 1.82) is 5.26 Å². The van der Waals surface area contributed by atoms with E-state index in [0.29, 0.717) is 5.69 Å². The Balaban J connectivity index is 1.89. The number of para-hydroxylation sites is 2. The molecule has 0 aliphatic carbocycles. The van der Waals surface area contributed by atoms with E-state index in [1.54, 1.807) is 36.4 Å². The number of benzene rings is 3. The van der Waals surface area contributed by atoms with Crippen LogP contribution >= 0.6 is 22.6 Å². The Hall–Kier alpha value is -3.76. The molecule has 0 unspecified atom stereocenters. The number of hydrogen-bond donors (Lipinski definition) is 1. The van der Waals surface area contributed by atoms with Gasteiger partial charge in [-0.25, -0.2) is 0 Å². The highest BCUT2D eigenvalue weighted by atomic mass is 127. The molecule has 3 aromatic rings. The summed E-state index contributed by atoms with van der Waals surface area (Å²) in [5, 5.41) is 22.9. The Morgan fingerprint density at radius 3 is 2.33 bits per heavy atom. The van der Waals surface area contributed by atoms with Crippen molar-refractivity contribution in [2.75, 3.05) is 5.32 Å². The molecular weight excluding hydrogens is 561 g/mol. The van der Waals surface area contributed by atoms with E-state index in [0.717, 1.165) is 27.8 Å². The average molecular weight is 575 g/mol. The standard InChI is InChI=1S/C22H14IN3O6S/c23-19-6-2-3-7-20(19)25-22(27)16(14-24)13-15-5-1-4-8-21(15)32-33(30,31)18-11-9-17(10-12-18)26(28)29/h1-13H,(H,25,27)/b16-13-. The van der Waals surface area contributed by atoms with Crippen LogP contribution in [-0.2, 0) is 14.9 Å². The summed E-state index contributed by atoms with van der Waals surface area (Å²) in [5.41, 5.74) is 0.167. The fraction of sp³-hybridized carbons (Fsp3) is 0. The van der Waals surface area contributed by atoms with Crippen molar-refractivity contribution in [1.82, 2.24) is 0 Å². The Bertz CT molecular complexity index is 1400. The molecule has 0 aliphatic heterocycles. The number of carbonyl (C=O) groups is 1. The molecule has 0 spiro atoms. The number of nitrogens with zero attached hydrogens (tertiary/aromatic N) is 2. The van der Waals surface area contributed by atoms with E-state index < -0.39 is 20.9 Å². The first-order valence-corrected chi connectivity index (χ1v) is 11.7. The van der Waals surface area contributed by atoms with Gasteiger partial charge in [0.15, 0.2) is 0 Å². The number of non-ortho nitro benzene ring substituents is 1. The SMILES string of the molecule is N#C/C(=C/c1ccccc1OS(=O)(=O)c1ccc([N+](=O)[O-])cc1)C(=O)Nc1ccccc1I. The minimum absolute atomic E-state index is 0.120. The van der Waals surface area contributed by atoms with Crippen molar-refractivity contribution in [3.63, 3.8) is 0 Å². The van der Waals surface area contributed by atoms with Gasteiger partial charge in [0, 0.05) is 21.3 Å². The van der Waals surface area contributed by atoms with Gasteiger partial charge >= 0.3 is 10.1 Å². The van der Waals surface area contributed by atoms with Crippen LogP contribution in [0.1, 0.15) is 5.56 Å². The highest BCUT2D eigenvalue weighted by Gasteiger charge is 2.20. The van der Waals surface area contributed by atoms with Gasteiger partial charge in [-0.2, -0.15) is 13.7 Å². The highest BCUT2D eigenvalue weighted by Crippen LogP contribution is 2.26. The number of halogens is 1. The van der Waals surface area contributed by atoms with Gasteiger partial charge in [-0.1, -0.05) is 30.3 Å². The van der Waals surface area contributed by atoms with Crippen molar-refractivity contribution in [3.05, 3.63) is 97.6 Å². The quantitative estimate of drug-likeness (QED) is 0.109. The summed E-state index contributed by atoms with van der Waals surface area (Å²) in [6.07, 6.45) is 1.21. The third-order valence-corrected chi connectivity index (χ3v) is 6.43. The number of rotatable bonds is 7. The van der Waals surface area contributed by atoms with Crippen molar-refractivity contribution in [2.45, 2.75) is 4.90 Å². The Morgan fingerprint density at radius 2 is 1.70 bits per heavy atom. The smallest absolute Gasteiger partial charge is 0.339 e. The summed E-state index contributed by atoms with van der Waals surface area (Å²) in [6, 6.07) is 19.0. The molecule has 0 saturated carbocycles. The topological polar surface area (TPSA) is 139 Å². The molecule has 9 nitrogen and oxygen atoms in total. The van der Waals surface area contributed by atoms with Gasteiger partial charge in [-0.05, 0) is 59.0 Å². The fourth-order valence-corrected chi connectivity index (χ4v) is 4.11. The molecule has 0 atom stereocenters. The zero-order valence-corrected chi connectivity index (χ0v) is 19.6. The fourth-order valence-electron chi connectivity index (χ4n) is 2.63. The molecular formula is C22H14IN3O6S. The van der Waals surface area contributed by atoms with E-state index in [9.17, 15) is 28.6 Å². The maximum atomic E-state index is 12.6. The lowest BCUT2D eigenvalue weighted by Crippen LogP contribution is -2.14. The van der Waals surface area contributed by atoms with Crippen LogP contribution in [0.2, 0.25) is 0 Å². The van der Waals surface area contributed by atoms with Crippen LogP contribution < -0.4 is 9.50 Å². The van der Waals surface area contributed by atoms with E-state index >= 15 is 0 Å². The monoisotopic (exact) mass is 575 g/mol. The lowest BCUT2D eigenvalue weighted by molar-refractivity contribution is -0.384. The lowest BCUT2D eigenvalue weighted by Gasteiger charge is -2.10. The minimum Gasteiger partial charge on any atom is -0.378 e. The number of anilines is 1. The minimum atomic E-state index is -4.33. The summed E-state index contributed by atoms with van der Waals surface area (Å²) in [6.45, 7) is 0. The highest BCUT2D eigenvalue weighted by molar-refractivity contribution is 14.1. The average Bonchev–Trinajstić information content (AvgIpc) is 2.79. The second-order valence-electron chi connectivity index (χ2n) is 6.43. The molecule has 166 valence electrons. The Kier molecular flexibility index (Phi) is 7.41.